The summed E-state index contributed by atoms with van der Waals surface area (Å²) in [4.78, 5) is 12.0. The summed E-state index contributed by atoms with van der Waals surface area (Å²) < 4.78 is 11.4. The lowest BCUT2D eigenvalue weighted by Gasteiger charge is -2.43. The fourth-order valence-electron chi connectivity index (χ4n) is 2.37. The van der Waals surface area contributed by atoms with Crippen LogP contribution in [0.1, 0.15) is 19.8 Å². The Labute approximate surface area is 106 Å². The normalized spacial score (nSPS) is 27.0. The molecule has 1 heterocycles. The summed E-state index contributed by atoms with van der Waals surface area (Å²) in [5.41, 5.74) is -0.00969. The second-order valence-electron chi connectivity index (χ2n) is 5.77. The van der Waals surface area contributed by atoms with Crippen molar-refractivity contribution >= 4 is 22.6 Å². The van der Waals surface area contributed by atoms with Crippen LogP contribution in [0.5, 0.6) is 0 Å². The minimum absolute atomic E-state index is 0.00969. The number of rotatable bonds is 3. The summed E-state index contributed by atoms with van der Waals surface area (Å²) in [5, 5.41) is 0. The lowest BCUT2D eigenvalue weighted by Crippen LogP contribution is -2.53. The number of carbonyl (C=O) groups is 1. The van der Waals surface area contributed by atoms with Crippen molar-refractivity contribution in [3.63, 3.8) is 0 Å². The van der Waals surface area contributed by atoms with Gasteiger partial charge in [-0.05, 0) is 51.1 Å². The Balaban J connectivity index is 2.65. The maximum Gasteiger partial charge on any atom is 0.313 e. The van der Waals surface area contributed by atoms with Gasteiger partial charge in [-0.25, -0.2) is 0 Å². The molecule has 1 fully saturated rings. The predicted octanol–water partition coefficient (Wildman–Crippen LogP) is 3.65. The number of hydrogen-bond donors (Lipinski definition) is 0. The molecule has 0 saturated carbocycles. The fraction of sp³-hybridized carbons (Fsp3) is 0.750. The zero-order valence-corrected chi connectivity index (χ0v) is 13.6. The average Bonchev–Trinajstić information content (AvgIpc) is 2.14. The lowest BCUT2D eigenvalue weighted by molar-refractivity contribution is -0.138. The third-order valence-electron chi connectivity index (χ3n) is 3.21. The van der Waals surface area contributed by atoms with Gasteiger partial charge in [-0.3, -0.25) is 4.79 Å². The van der Waals surface area contributed by atoms with Crippen molar-refractivity contribution in [2.24, 2.45) is 0 Å². The van der Waals surface area contributed by atoms with E-state index in [0.29, 0.717) is 0 Å². The molecular formula is C12H24O3Si2. The van der Waals surface area contributed by atoms with Crippen molar-refractivity contribution in [3.05, 3.63) is 12.3 Å². The van der Waals surface area contributed by atoms with Crippen LogP contribution in [0.3, 0.4) is 0 Å². The minimum Gasteiger partial charge on any atom is -0.455 e. The van der Waals surface area contributed by atoms with Crippen molar-refractivity contribution < 1.29 is 13.6 Å². The molecule has 0 spiro atoms. The first-order valence-corrected chi connectivity index (χ1v) is 12.4. The van der Waals surface area contributed by atoms with Gasteiger partial charge in [0.05, 0.1) is 11.8 Å². The number of esters is 1. The van der Waals surface area contributed by atoms with Gasteiger partial charge in [0.25, 0.3) is 0 Å². The molecule has 0 aliphatic carbocycles. The third kappa shape index (κ3) is 4.08. The molecule has 3 nitrogen and oxygen atoms in total. The highest BCUT2D eigenvalue weighted by Gasteiger charge is 2.48. The highest BCUT2D eigenvalue weighted by atomic mass is 28.4. The summed E-state index contributed by atoms with van der Waals surface area (Å²) in [7, 11) is -3.44. The smallest absolute Gasteiger partial charge is 0.313 e. The Bertz CT molecular complexity index is 311. The highest BCUT2D eigenvalue weighted by molar-refractivity contribution is 6.88. The van der Waals surface area contributed by atoms with E-state index in [0.717, 1.165) is 18.9 Å². The Morgan fingerprint density at radius 1 is 1.41 bits per heavy atom. The van der Waals surface area contributed by atoms with Crippen molar-refractivity contribution in [1.29, 1.82) is 0 Å². The van der Waals surface area contributed by atoms with E-state index in [9.17, 15) is 4.79 Å². The number of carbonyl (C=O) groups excluding carboxylic acids is 1. The van der Waals surface area contributed by atoms with E-state index >= 15 is 0 Å². The molecule has 0 aromatic rings. The molecule has 1 saturated heterocycles. The maximum absolute atomic E-state index is 12.0. The first-order chi connectivity index (χ1) is 7.78. The summed E-state index contributed by atoms with van der Waals surface area (Å²) in [6, 6.07) is 1.06. The highest BCUT2D eigenvalue weighted by Crippen LogP contribution is 2.39. The molecule has 0 aromatic carbocycles. The van der Waals surface area contributed by atoms with Crippen molar-refractivity contribution in [2.45, 2.75) is 57.5 Å². The van der Waals surface area contributed by atoms with Crippen LogP contribution < -0.4 is 0 Å². The zero-order chi connectivity index (χ0) is 13.1. The third-order valence-corrected chi connectivity index (χ3v) is 11.2. The van der Waals surface area contributed by atoms with E-state index in [1.807, 2.05) is 13.0 Å². The second kappa shape index (κ2) is 5.50. The Hall–Kier alpha value is -0.396. The molecule has 5 heteroatoms. The Morgan fingerprint density at radius 2 is 2.06 bits per heavy atom. The van der Waals surface area contributed by atoms with Crippen molar-refractivity contribution in [1.82, 2.24) is 0 Å². The van der Waals surface area contributed by atoms with Crippen LogP contribution in [-0.2, 0) is 13.6 Å². The van der Waals surface area contributed by atoms with Gasteiger partial charge < -0.3 is 8.85 Å². The van der Waals surface area contributed by atoms with Crippen molar-refractivity contribution in [2.75, 3.05) is 0 Å². The first kappa shape index (κ1) is 14.7. The topological polar surface area (TPSA) is 35.5 Å². The molecule has 0 aromatic heterocycles. The largest absolute Gasteiger partial charge is 0.455 e. The van der Waals surface area contributed by atoms with E-state index in [1.165, 1.54) is 6.26 Å². The predicted molar refractivity (Wildman–Crippen MR) is 74.7 cm³/mol. The number of allylic oxidation sites excluding steroid dienone is 1. The van der Waals surface area contributed by atoms with Crippen LogP contribution in [0.25, 0.3) is 0 Å². The molecule has 0 bridgehead atoms. The molecule has 1 atom stereocenters. The summed E-state index contributed by atoms with van der Waals surface area (Å²) in [6.45, 7) is 10.8. The van der Waals surface area contributed by atoms with Gasteiger partial charge in [0.2, 0.25) is 0 Å². The molecule has 0 radical (unpaired) electrons. The molecule has 1 aliphatic rings. The van der Waals surface area contributed by atoms with Gasteiger partial charge in [-0.15, -0.1) is 0 Å². The SMILES string of the molecule is CC/C=C/OC(=O)C1CC[Si](C)(C)O[Si]1(C)C. The molecule has 0 N–H and O–H groups in total. The van der Waals surface area contributed by atoms with E-state index in [2.05, 4.69) is 26.2 Å². The number of hydrogen-bond acceptors (Lipinski definition) is 3. The average molecular weight is 272 g/mol. The fourth-order valence-corrected chi connectivity index (χ4v) is 11.8. The molecule has 1 rings (SSSR count). The van der Waals surface area contributed by atoms with Crippen LogP contribution in [-0.4, -0.2) is 22.6 Å². The van der Waals surface area contributed by atoms with Crippen LogP contribution in [0.15, 0.2) is 12.3 Å². The molecule has 0 amide bonds. The van der Waals surface area contributed by atoms with Gasteiger partial charge >= 0.3 is 5.97 Å². The molecule has 1 aliphatic heterocycles. The Kier molecular flexibility index (Phi) is 4.74. The molecular weight excluding hydrogens is 248 g/mol. The van der Waals surface area contributed by atoms with Crippen LogP contribution >= 0.6 is 0 Å². The van der Waals surface area contributed by atoms with Crippen molar-refractivity contribution in [3.8, 4) is 0 Å². The van der Waals surface area contributed by atoms with Gasteiger partial charge in [0, 0.05) is 0 Å². The van der Waals surface area contributed by atoms with Gasteiger partial charge in [-0.1, -0.05) is 6.92 Å². The van der Waals surface area contributed by atoms with Crippen LogP contribution in [0, 0.1) is 0 Å². The summed E-state index contributed by atoms with van der Waals surface area (Å²) in [6.07, 6.45) is 5.20. The zero-order valence-electron chi connectivity index (χ0n) is 11.6. The standard InChI is InChI=1S/C12H24O3Si2/c1-6-7-9-14-12(13)11-8-10-16(2,3)15-17(11,4)5/h7,9,11H,6,8,10H2,1-5H3/b9-7+. The summed E-state index contributed by atoms with van der Waals surface area (Å²) >= 11 is 0. The molecule has 17 heavy (non-hydrogen) atoms. The maximum atomic E-state index is 12.0. The first-order valence-electron chi connectivity index (χ1n) is 6.34. The quantitative estimate of drug-likeness (QED) is 0.447. The van der Waals surface area contributed by atoms with E-state index < -0.39 is 16.6 Å². The summed E-state index contributed by atoms with van der Waals surface area (Å²) in [5.74, 6) is -0.101. The van der Waals surface area contributed by atoms with Gasteiger partial charge in [0.1, 0.15) is 0 Å². The van der Waals surface area contributed by atoms with E-state index in [-0.39, 0.29) is 11.5 Å². The Morgan fingerprint density at radius 3 is 2.59 bits per heavy atom. The monoisotopic (exact) mass is 272 g/mol. The molecule has 1 unspecified atom stereocenters. The van der Waals surface area contributed by atoms with E-state index in [4.69, 9.17) is 8.85 Å². The number of ether oxygens (including phenoxy) is 1. The van der Waals surface area contributed by atoms with Gasteiger partial charge in [0.15, 0.2) is 16.6 Å². The van der Waals surface area contributed by atoms with E-state index in [1.54, 1.807) is 0 Å². The van der Waals surface area contributed by atoms with Gasteiger partial charge in [-0.2, -0.15) is 0 Å². The lowest BCUT2D eigenvalue weighted by atomic mass is 10.3. The second-order valence-corrected chi connectivity index (χ2v) is 14.5. The molecule has 98 valence electrons. The van der Waals surface area contributed by atoms with Crippen LogP contribution in [0.2, 0.25) is 37.8 Å². The minimum atomic E-state index is -1.93. The van der Waals surface area contributed by atoms with Crippen LogP contribution in [0.4, 0.5) is 0 Å².